The van der Waals surface area contributed by atoms with Crippen molar-refractivity contribution in [2.75, 3.05) is 0 Å². The lowest BCUT2D eigenvalue weighted by molar-refractivity contribution is -0.385. The highest BCUT2D eigenvalue weighted by molar-refractivity contribution is 7.21. The molecule has 0 saturated carbocycles. The molecule has 0 N–H and O–H groups in total. The first-order valence-corrected chi connectivity index (χ1v) is 7.01. The van der Waals surface area contributed by atoms with Gasteiger partial charge in [-0.2, -0.15) is 0 Å². The van der Waals surface area contributed by atoms with Crippen LogP contribution in [0.2, 0.25) is 0 Å². The molecule has 0 bridgehead atoms. The Hall–Kier alpha value is -2.80. The van der Waals surface area contributed by atoms with Gasteiger partial charge in [0.05, 0.1) is 21.3 Å². The first-order valence-electron chi connectivity index (χ1n) is 6.20. The van der Waals surface area contributed by atoms with Crippen LogP contribution >= 0.6 is 11.3 Å². The molecular formula is C14H8N4O2S. The molecule has 1 aromatic carbocycles. The molecule has 0 aliphatic rings. The van der Waals surface area contributed by atoms with Crippen LogP contribution in [0.1, 0.15) is 0 Å². The molecule has 0 aliphatic heterocycles. The Morgan fingerprint density at radius 1 is 1.10 bits per heavy atom. The quantitative estimate of drug-likeness (QED) is 0.419. The Labute approximate surface area is 122 Å². The second-order valence-electron chi connectivity index (χ2n) is 4.52. The molecule has 102 valence electrons. The Bertz CT molecular complexity index is 956. The van der Waals surface area contributed by atoms with Crippen molar-refractivity contribution in [3.63, 3.8) is 0 Å². The van der Waals surface area contributed by atoms with E-state index in [-0.39, 0.29) is 5.69 Å². The third-order valence-electron chi connectivity index (χ3n) is 3.16. The SMILES string of the molecule is O=[N+]([O-])c1ccc2nc(-c3nc4ccccc4s3)cn2c1. The van der Waals surface area contributed by atoms with Crippen molar-refractivity contribution in [2.45, 2.75) is 0 Å². The lowest BCUT2D eigenvalue weighted by atomic mass is 10.3. The van der Waals surface area contributed by atoms with E-state index < -0.39 is 4.92 Å². The Morgan fingerprint density at radius 3 is 2.76 bits per heavy atom. The molecule has 6 nitrogen and oxygen atoms in total. The highest BCUT2D eigenvalue weighted by Crippen LogP contribution is 2.29. The maximum absolute atomic E-state index is 10.8. The van der Waals surface area contributed by atoms with Crippen LogP contribution in [0, 0.1) is 10.1 Å². The van der Waals surface area contributed by atoms with Crippen LogP contribution in [-0.2, 0) is 0 Å². The molecule has 0 aliphatic carbocycles. The predicted molar refractivity (Wildman–Crippen MR) is 80.5 cm³/mol. The highest BCUT2D eigenvalue weighted by Gasteiger charge is 2.12. The monoisotopic (exact) mass is 296 g/mol. The number of imidazole rings is 1. The number of nitro groups is 1. The fourth-order valence-corrected chi connectivity index (χ4v) is 3.09. The van der Waals surface area contributed by atoms with Gasteiger partial charge in [0, 0.05) is 12.3 Å². The summed E-state index contributed by atoms with van der Waals surface area (Å²) in [5, 5.41) is 11.6. The van der Waals surface area contributed by atoms with Crippen molar-refractivity contribution in [3.8, 4) is 10.7 Å². The first-order chi connectivity index (χ1) is 10.2. The van der Waals surface area contributed by atoms with Gasteiger partial charge < -0.3 is 0 Å². The lowest BCUT2D eigenvalue weighted by Gasteiger charge is -1.92. The van der Waals surface area contributed by atoms with Gasteiger partial charge in [0.2, 0.25) is 0 Å². The van der Waals surface area contributed by atoms with Crippen LogP contribution in [0.3, 0.4) is 0 Å². The number of thiazole rings is 1. The van der Waals surface area contributed by atoms with Crippen LogP contribution in [0.25, 0.3) is 26.6 Å². The van der Waals surface area contributed by atoms with E-state index in [2.05, 4.69) is 9.97 Å². The summed E-state index contributed by atoms with van der Waals surface area (Å²) >= 11 is 1.56. The van der Waals surface area contributed by atoms with E-state index in [4.69, 9.17) is 0 Å². The highest BCUT2D eigenvalue weighted by atomic mass is 32.1. The van der Waals surface area contributed by atoms with Gasteiger partial charge in [-0.15, -0.1) is 11.3 Å². The summed E-state index contributed by atoms with van der Waals surface area (Å²) < 4.78 is 2.75. The summed E-state index contributed by atoms with van der Waals surface area (Å²) in [7, 11) is 0. The third kappa shape index (κ3) is 1.95. The number of aromatic nitrogens is 3. The van der Waals surface area contributed by atoms with Gasteiger partial charge in [-0.25, -0.2) is 9.97 Å². The zero-order valence-corrected chi connectivity index (χ0v) is 11.4. The summed E-state index contributed by atoms with van der Waals surface area (Å²) in [6.45, 7) is 0. The molecule has 0 unspecified atom stereocenters. The number of para-hydroxylation sites is 1. The molecule has 7 heteroatoms. The second-order valence-corrected chi connectivity index (χ2v) is 5.55. The van der Waals surface area contributed by atoms with Crippen LogP contribution in [0.4, 0.5) is 5.69 Å². The number of pyridine rings is 1. The standard InChI is InChI=1S/C14H8N4O2S/c19-18(20)9-5-6-13-15-11(8-17(13)7-9)14-16-10-3-1-2-4-12(10)21-14/h1-8H. The molecule has 4 aromatic rings. The fraction of sp³-hybridized carbons (Fsp3) is 0. The summed E-state index contributed by atoms with van der Waals surface area (Å²) in [5.74, 6) is 0. The van der Waals surface area contributed by atoms with Crippen molar-refractivity contribution in [2.24, 2.45) is 0 Å². The largest absolute Gasteiger partial charge is 0.299 e. The second kappa shape index (κ2) is 4.35. The maximum Gasteiger partial charge on any atom is 0.286 e. The van der Waals surface area contributed by atoms with E-state index >= 15 is 0 Å². The van der Waals surface area contributed by atoms with Crippen molar-refractivity contribution < 1.29 is 4.92 Å². The van der Waals surface area contributed by atoms with Crippen molar-refractivity contribution in [1.82, 2.24) is 14.4 Å². The Kier molecular flexibility index (Phi) is 2.48. The van der Waals surface area contributed by atoms with Gasteiger partial charge in [-0.1, -0.05) is 12.1 Å². The number of hydrogen-bond donors (Lipinski definition) is 0. The smallest absolute Gasteiger partial charge is 0.286 e. The number of hydrogen-bond acceptors (Lipinski definition) is 5. The van der Waals surface area contributed by atoms with Crippen molar-refractivity contribution >= 4 is 32.9 Å². The van der Waals surface area contributed by atoms with Crippen LogP contribution in [0.5, 0.6) is 0 Å². The van der Waals surface area contributed by atoms with Gasteiger partial charge >= 0.3 is 0 Å². The number of nitrogens with zero attached hydrogens (tertiary/aromatic N) is 4. The molecule has 0 fully saturated rings. The lowest BCUT2D eigenvalue weighted by Crippen LogP contribution is -1.90. The minimum absolute atomic E-state index is 0.0377. The van der Waals surface area contributed by atoms with Crippen molar-refractivity contribution in [3.05, 3.63) is 58.9 Å². The number of benzene rings is 1. The van der Waals surface area contributed by atoms with E-state index in [1.54, 1.807) is 28.0 Å². The minimum Gasteiger partial charge on any atom is -0.299 e. The molecule has 0 saturated heterocycles. The van der Waals surface area contributed by atoms with Crippen LogP contribution < -0.4 is 0 Å². The van der Waals surface area contributed by atoms with E-state index in [0.717, 1.165) is 20.9 Å². The van der Waals surface area contributed by atoms with Crippen molar-refractivity contribution in [1.29, 1.82) is 0 Å². The van der Waals surface area contributed by atoms with E-state index in [1.165, 1.54) is 12.3 Å². The van der Waals surface area contributed by atoms with E-state index in [1.807, 2.05) is 24.3 Å². The van der Waals surface area contributed by atoms with Gasteiger partial charge in [-0.05, 0) is 18.2 Å². The molecule has 3 heterocycles. The molecule has 0 atom stereocenters. The Balaban J connectivity index is 1.87. The maximum atomic E-state index is 10.8. The summed E-state index contributed by atoms with van der Waals surface area (Å²) in [6, 6.07) is 11.0. The molecule has 0 radical (unpaired) electrons. The van der Waals surface area contributed by atoms with Gasteiger partial charge in [0.15, 0.2) is 0 Å². The topological polar surface area (TPSA) is 73.3 Å². The third-order valence-corrected chi connectivity index (χ3v) is 4.22. The average molecular weight is 296 g/mol. The zero-order valence-electron chi connectivity index (χ0n) is 10.6. The summed E-state index contributed by atoms with van der Waals surface area (Å²) in [5.41, 5.74) is 2.35. The average Bonchev–Trinajstić information content (AvgIpc) is 3.09. The Morgan fingerprint density at radius 2 is 1.95 bits per heavy atom. The molecule has 0 spiro atoms. The van der Waals surface area contributed by atoms with Crippen LogP contribution in [0.15, 0.2) is 48.8 Å². The minimum atomic E-state index is -0.420. The van der Waals surface area contributed by atoms with Gasteiger partial charge in [0.1, 0.15) is 16.3 Å². The summed E-state index contributed by atoms with van der Waals surface area (Å²) in [6.07, 6.45) is 3.22. The van der Waals surface area contributed by atoms with E-state index in [9.17, 15) is 10.1 Å². The summed E-state index contributed by atoms with van der Waals surface area (Å²) in [4.78, 5) is 19.4. The molecule has 0 amide bonds. The molecule has 4 rings (SSSR count). The normalized spacial score (nSPS) is 11.2. The number of rotatable bonds is 2. The van der Waals surface area contributed by atoms with Gasteiger partial charge in [-0.3, -0.25) is 14.5 Å². The first kappa shape index (κ1) is 12.0. The molecule has 21 heavy (non-hydrogen) atoms. The number of fused-ring (bicyclic) bond motifs is 2. The van der Waals surface area contributed by atoms with Gasteiger partial charge in [0.25, 0.3) is 5.69 Å². The zero-order chi connectivity index (χ0) is 14.4. The molecule has 3 aromatic heterocycles. The molecular weight excluding hydrogens is 288 g/mol. The fourth-order valence-electron chi connectivity index (χ4n) is 2.17. The predicted octanol–water partition coefficient (Wildman–Crippen LogP) is 3.52. The van der Waals surface area contributed by atoms with Crippen LogP contribution in [-0.4, -0.2) is 19.3 Å². The van der Waals surface area contributed by atoms with E-state index in [0.29, 0.717) is 5.65 Å².